The van der Waals surface area contributed by atoms with Crippen molar-refractivity contribution in [1.29, 1.82) is 0 Å². The smallest absolute Gasteiger partial charge is 0.0971 e. The van der Waals surface area contributed by atoms with Gasteiger partial charge in [-0.3, -0.25) is 0 Å². The maximum Gasteiger partial charge on any atom is 0.0971 e. The van der Waals surface area contributed by atoms with Crippen molar-refractivity contribution in [3.8, 4) is 0 Å². The van der Waals surface area contributed by atoms with E-state index in [1.807, 2.05) is 60.7 Å². The van der Waals surface area contributed by atoms with Gasteiger partial charge < -0.3 is 5.11 Å². The van der Waals surface area contributed by atoms with E-state index < -0.39 is 6.10 Å². The predicted octanol–water partition coefficient (Wildman–Crippen LogP) is 3.52. The molecule has 0 bridgehead atoms. The molecule has 1 heteroatoms. The Morgan fingerprint density at radius 2 is 1.47 bits per heavy atom. The Bertz CT molecular complexity index is 459. The SMILES string of the molecule is OC(/C=C/Cc1ccccc1)c1ccccc1. The van der Waals surface area contributed by atoms with Gasteiger partial charge in [0.2, 0.25) is 0 Å². The first-order chi connectivity index (χ1) is 8.36. The first-order valence-electron chi connectivity index (χ1n) is 5.80. The lowest BCUT2D eigenvalue weighted by Gasteiger charge is -2.04. The summed E-state index contributed by atoms with van der Waals surface area (Å²) in [6.07, 6.45) is 4.18. The average molecular weight is 224 g/mol. The summed E-state index contributed by atoms with van der Waals surface area (Å²) in [5.41, 5.74) is 2.18. The largest absolute Gasteiger partial charge is 0.384 e. The van der Waals surface area contributed by atoms with Gasteiger partial charge in [0.05, 0.1) is 6.10 Å². The van der Waals surface area contributed by atoms with Gasteiger partial charge in [0.15, 0.2) is 0 Å². The molecule has 0 amide bonds. The van der Waals surface area contributed by atoms with Crippen molar-refractivity contribution in [3.63, 3.8) is 0 Å². The second-order valence-electron chi connectivity index (χ2n) is 3.97. The summed E-state index contributed by atoms with van der Waals surface area (Å²) in [6.45, 7) is 0. The molecule has 0 radical (unpaired) electrons. The maximum absolute atomic E-state index is 9.91. The van der Waals surface area contributed by atoms with Crippen LogP contribution in [-0.2, 0) is 6.42 Å². The molecule has 86 valence electrons. The highest BCUT2D eigenvalue weighted by atomic mass is 16.3. The highest BCUT2D eigenvalue weighted by Crippen LogP contribution is 2.13. The zero-order valence-corrected chi connectivity index (χ0v) is 9.66. The van der Waals surface area contributed by atoms with Crippen LogP contribution in [0.15, 0.2) is 72.8 Å². The standard InChI is InChI=1S/C16H16O/c17-16(15-11-5-2-6-12-15)13-7-10-14-8-3-1-4-9-14/h1-9,11-13,16-17H,10H2/b13-7+. The predicted molar refractivity (Wildman–Crippen MR) is 70.7 cm³/mol. The number of benzene rings is 2. The summed E-state index contributed by atoms with van der Waals surface area (Å²) < 4.78 is 0. The summed E-state index contributed by atoms with van der Waals surface area (Å²) in [6, 6.07) is 19.9. The monoisotopic (exact) mass is 224 g/mol. The lowest BCUT2D eigenvalue weighted by atomic mass is 10.1. The van der Waals surface area contributed by atoms with E-state index in [2.05, 4.69) is 12.1 Å². The summed E-state index contributed by atoms with van der Waals surface area (Å²) in [5.74, 6) is 0. The van der Waals surface area contributed by atoms with Crippen LogP contribution in [0.4, 0.5) is 0 Å². The van der Waals surface area contributed by atoms with E-state index in [4.69, 9.17) is 0 Å². The van der Waals surface area contributed by atoms with Crippen molar-refractivity contribution < 1.29 is 5.11 Å². The van der Waals surface area contributed by atoms with Crippen LogP contribution < -0.4 is 0 Å². The Balaban J connectivity index is 1.93. The number of hydrogen-bond acceptors (Lipinski definition) is 1. The molecule has 2 rings (SSSR count). The van der Waals surface area contributed by atoms with E-state index >= 15 is 0 Å². The molecule has 0 aliphatic rings. The fourth-order valence-electron chi connectivity index (χ4n) is 1.71. The fraction of sp³-hybridized carbons (Fsp3) is 0.125. The molecule has 0 spiro atoms. The van der Waals surface area contributed by atoms with Gasteiger partial charge in [0.1, 0.15) is 0 Å². The minimum atomic E-state index is -0.514. The van der Waals surface area contributed by atoms with Crippen molar-refractivity contribution in [2.45, 2.75) is 12.5 Å². The van der Waals surface area contributed by atoms with Crippen LogP contribution in [0.2, 0.25) is 0 Å². The second-order valence-corrected chi connectivity index (χ2v) is 3.97. The lowest BCUT2D eigenvalue weighted by molar-refractivity contribution is 0.228. The van der Waals surface area contributed by atoms with Crippen molar-refractivity contribution >= 4 is 0 Å². The van der Waals surface area contributed by atoms with Gasteiger partial charge in [-0.1, -0.05) is 72.8 Å². The third-order valence-electron chi connectivity index (χ3n) is 2.66. The highest BCUT2D eigenvalue weighted by Gasteiger charge is 2.00. The van der Waals surface area contributed by atoms with E-state index in [0.29, 0.717) is 0 Å². The zero-order valence-electron chi connectivity index (χ0n) is 9.66. The summed E-state index contributed by atoms with van der Waals surface area (Å²) in [5, 5.41) is 9.91. The van der Waals surface area contributed by atoms with E-state index in [9.17, 15) is 5.11 Å². The van der Waals surface area contributed by atoms with E-state index in [1.54, 1.807) is 0 Å². The summed E-state index contributed by atoms with van der Waals surface area (Å²) in [4.78, 5) is 0. The molecule has 0 heterocycles. The third kappa shape index (κ3) is 3.58. The number of allylic oxidation sites excluding steroid dienone is 1. The molecule has 1 N–H and O–H groups in total. The van der Waals surface area contributed by atoms with E-state index in [-0.39, 0.29) is 0 Å². The van der Waals surface area contributed by atoms with Crippen LogP contribution in [0.5, 0.6) is 0 Å². The van der Waals surface area contributed by atoms with Crippen LogP contribution in [0.1, 0.15) is 17.2 Å². The normalized spacial score (nSPS) is 12.8. The minimum Gasteiger partial charge on any atom is -0.384 e. The number of aliphatic hydroxyl groups is 1. The van der Waals surface area contributed by atoms with Gasteiger partial charge in [0, 0.05) is 0 Å². The molecule has 2 aromatic rings. The fourth-order valence-corrected chi connectivity index (χ4v) is 1.71. The van der Waals surface area contributed by atoms with Gasteiger partial charge in [0.25, 0.3) is 0 Å². The number of hydrogen-bond donors (Lipinski definition) is 1. The van der Waals surface area contributed by atoms with Crippen LogP contribution in [0, 0.1) is 0 Å². The molecule has 17 heavy (non-hydrogen) atoms. The van der Waals surface area contributed by atoms with Crippen LogP contribution in [-0.4, -0.2) is 5.11 Å². The maximum atomic E-state index is 9.91. The Labute approximate surface area is 102 Å². The van der Waals surface area contributed by atoms with Crippen LogP contribution >= 0.6 is 0 Å². The minimum absolute atomic E-state index is 0.514. The van der Waals surface area contributed by atoms with Gasteiger partial charge in [-0.25, -0.2) is 0 Å². The molecule has 1 nitrogen and oxygen atoms in total. The molecule has 0 aliphatic carbocycles. The van der Waals surface area contributed by atoms with Crippen LogP contribution in [0.25, 0.3) is 0 Å². The molecule has 0 aromatic heterocycles. The van der Waals surface area contributed by atoms with Crippen molar-refractivity contribution in [1.82, 2.24) is 0 Å². The lowest BCUT2D eigenvalue weighted by Crippen LogP contribution is -1.92. The van der Waals surface area contributed by atoms with E-state index in [0.717, 1.165) is 12.0 Å². The number of rotatable bonds is 4. The molecule has 0 saturated carbocycles. The van der Waals surface area contributed by atoms with Crippen molar-refractivity contribution in [3.05, 3.63) is 83.9 Å². The van der Waals surface area contributed by atoms with Gasteiger partial charge in [-0.05, 0) is 17.5 Å². The Hall–Kier alpha value is -1.86. The second kappa shape index (κ2) is 6.02. The Morgan fingerprint density at radius 3 is 2.12 bits per heavy atom. The van der Waals surface area contributed by atoms with Crippen LogP contribution in [0.3, 0.4) is 0 Å². The van der Waals surface area contributed by atoms with Crippen molar-refractivity contribution in [2.75, 3.05) is 0 Å². The number of aliphatic hydroxyl groups excluding tert-OH is 1. The molecule has 1 unspecified atom stereocenters. The topological polar surface area (TPSA) is 20.2 Å². The van der Waals surface area contributed by atoms with Gasteiger partial charge >= 0.3 is 0 Å². The first kappa shape index (κ1) is 11.6. The molecule has 0 aliphatic heterocycles. The average Bonchev–Trinajstić information content (AvgIpc) is 2.41. The first-order valence-corrected chi connectivity index (χ1v) is 5.80. The quantitative estimate of drug-likeness (QED) is 0.788. The Kier molecular flexibility index (Phi) is 4.11. The molecule has 0 fully saturated rings. The van der Waals surface area contributed by atoms with Gasteiger partial charge in [-0.2, -0.15) is 0 Å². The molecular weight excluding hydrogens is 208 g/mol. The molecule has 1 atom stereocenters. The molecule has 2 aromatic carbocycles. The summed E-state index contributed by atoms with van der Waals surface area (Å²) >= 11 is 0. The highest BCUT2D eigenvalue weighted by molar-refractivity contribution is 5.22. The summed E-state index contributed by atoms with van der Waals surface area (Å²) in [7, 11) is 0. The Morgan fingerprint density at radius 1 is 0.882 bits per heavy atom. The molecule has 0 saturated heterocycles. The zero-order chi connectivity index (χ0) is 11.9. The molecular formula is C16H16O. The third-order valence-corrected chi connectivity index (χ3v) is 2.66. The van der Waals surface area contributed by atoms with Crippen molar-refractivity contribution in [2.24, 2.45) is 0 Å². The van der Waals surface area contributed by atoms with Gasteiger partial charge in [-0.15, -0.1) is 0 Å². The van der Waals surface area contributed by atoms with E-state index in [1.165, 1.54) is 5.56 Å².